The van der Waals surface area contributed by atoms with E-state index in [1.165, 1.54) is 24.4 Å². The molecule has 2 heterocycles. The lowest BCUT2D eigenvalue weighted by Gasteiger charge is -2.00. The van der Waals surface area contributed by atoms with Crippen LogP contribution in [0.2, 0.25) is 5.02 Å². The lowest BCUT2D eigenvalue weighted by atomic mass is 10.3. The van der Waals surface area contributed by atoms with E-state index in [2.05, 4.69) is 20.5 Å². The molecule has 8 heteroatoms. The summed E-state index contributed by atoms with van der Waals surface area (Å²) >= 11 is 5.72. The Labute approximate surface area is 106 Å². The van der Waals surface area contributed by atoms with Crippen LogP contribution < -0.4 is 5.32 Å². The van der Waals surface area contributed by atoms with Gasteiger partial charge in [0.05, 0.1) is 0 Å². The summed E-state index contributed by atoms with van der Waals surface area (Å²) in [5, 5.41) is 17.3. The molecule has 0 aromatic carbocycles. The number of aromatic carboxylic acids is 1. The summed E-state index contributed by atoms with van der Waals surface area (Å²) < 4.78 is 0. The molecule has 1 amide bonds. The molecule has 2 aromatic heterocycles. The Morgan fingerprint density at radius 3 is 2.78 bits per heavy atom. The number of nitrogens with one attached hydrogen (secondary N) is 2. The van der Waals surface area contributed by atoms with Gasteiger partial charge in [-0.2, -0.15) is 5.10 Å². The molecule has 0 unspecified atom stereocenters. The molecular weight excluding hydrogens is 260 g/mol. The minimum Gasteiger partial charge on any atom is -0.477 e. The van der Waals surface area contributed by atoms with Crippen LogP contribution in [0.15, 0.2) is 24.4 Å². The Kier molecular flexibility index (Phi) is 3.24. The summed E-state index contributed by atoms with van der Waals surface area (Å²) in [5.74, 6) is -1.59. The first kappa shape index (κ1) is 12.1. The Balaban J connectivity index is 2.13. The number of H-pyrrole nitrogens is 1. The van der Waals surface area contributed by atoms with Gasteiger partial charge in [-0.15, -0.1) is 0 Å². The molecule has 0 saturated heterocycles. The van der Waals surface area contributed by atoms with Gasteiger partial charge in [-0.1, -0.05) is 11.6 Å². The molecule has 3 N–H and O–H groups in total. The zero-order valence-corrected chi connectivity index (χ0v) is 9.60. The van der Waals surface area contributed by atoms with Gasteiger partial charge in [0.25, 0.3) is 5.91 Å². The van der Waals surface area contributed by atoms with Gasteiger partial charge in [0.1, 0.15) is 11.4 Å². The topological polar surface area (TPSA) is 108 Å². The van der Waals surface area contributed by atoms with Crippen molar-refractivity contribution in [1.29, 1.82) is 0 Å². The summed E-state index contributed by atoms with van der Waals surface area (Å²) in [4.78, 5) is 26.1. The van der Waals surface area contributed by atoms with Gasteiger partial charge in [0, 0.05) is 17.3 Å². The predicted octanol–water partition coefficient (Wildman–Crippen LogP) is 1.41. The average molecular weight is 267 g/mol. The van der Waals surface area contributed by atoms with Gasteiger partial charge in [-0.25, -0.2) is 4.79 Å². The number of aromatic amines is 1. The SMILES string of the molecule is O=C(Nc1cc(C(=O)O)[nH]n1)c1cc(Cl)ccn1. The van der Waals surface area contributed by atoms with Crippen molar-refractivity contribution in [3.8, 4) is 0 Å². The number of rotatable bonds is 3. The quantitative estimate of drug-likeness (QED) is 0.778. The lowest BCUT2D eigenvalue weighted by molar-refractivity contribution is 0.0690. The van der Waals surface area contributed by atoms with E-state index in [4.69, 9.17) is 16.7 Å². The molecular formula is C10H7ClN4O3. The molecule has 0 aliphatic heterocycles. The van der Waals surface area contributed by atoms with E-state index >= 15 is 0 Å². The second kappa shape index (κ2) is 4.84. The fraction of sp³-hybridized carbons (Fsp3) is 0. The Bertz CT molecular complexity index is 611. The number of amides is 1. The molecule has 0 aliphatic carbocycles. The third-order valence-electron chi connectivity index (χ3n) is 2.00. The molecule has 0 fully saturated rings. The Hall–Kier alpha value is -2.41. The number of pyridine rings is 1. The molecule has 0 radical (unpaired) electrons. The van der Waals surface area contributed by atoms with Crippen molar-refractivity contribution in [2.24, 2.45) is 0 Å². The predicted molar refractivity (Wildman–Crippen MR) is 62.7 cm³/mol. The van der Waals surface area contributed by atoms with Crippen LogP contribution in [0.4, 0.5) is 5.82 Å². The van der Waals surface area contributed by atoms with Crippen LogP contribution in [-0.4, -0.2) is 32.2 Å². The van der Waals surface area contributed by atoms with E-state index in [-0.39, 0.29) is 17.2 Å². The molecule has 0 atom stereocenters. The fourth-order valence-corrected chi connectivity index (χ4v) is 1.36. The van der Waals surface area contributed by atoms with Gasteiger partial charge in [-0.05, 0) is 12.1 Å². The van der Waals surface area contributed by atoms with Crippen LogP contribution in [0.3, 0.4) is 0 Å². The van der Waals surface area contributed by atoms with E-state index < -0.39 is 11.9 Å². The van der Waals surface area contributed by atoms with Crippen molar-refractivity contribution in [3.05, 3.63) is 40.8 Å². The lowest BCUT2D eigenvalue weighted by Crippen LogP contribution is -2.13. The van der Waals surface area contributed by atoms with E-state index in [9.17, 15) is 9.59 Å². The van der Waals surface area contributed by atoms with Crippen molar-refractivity contribution >= 4 is 29.3 Å². The van der Waals surface area contributed by atoms with Gasteiger partial charge >= 0.3 is 5.97 Å². The molecule has 0 bridgehead atoms. The normalized spacial score (nSPS) is 10.1. The van der Waals surface area contributed by atoms with Gasteiger partial charge in [0.2, 0.25) is 0 Å². The number of carboxylic acids is 1. The fourth-order valence-electron chi connectivity index (χ4n) is 1.20. The van der Waals surface area contributed by atoms with E-state index in [1.54, 1.807) is 0 Å². The monoisotopic (exact) mass is 266 g/mol. The highest BCUT2D eigenvalue weighted by Crippen LogP contribution is 2.10. The van der Waals surface area contributed by atoms with E-state index in [0.717, 1.165) is 0 Å². The number of carboxylic acid groups (broad SMARTS) is 1. The van der Waals surface area contributed by atoms with E-state index in [0.29, 0.717) is 5.02 Å². The summed E-state index contributed by atoms with van der Waals surface area (Å²) in [6.45, 7) is 0. The van der Waals surface area contributed by atoms with Crippen LogP contribution >= 0.6 is 11.6 Å². The number of hydrogen-bond donors (Lipinski definition) is 3. The smallest absolute Gasteiger partial charge is 0.353 e. The molecule has 7 nitrogen and oxygen atoms in total. The molecule has 2 rings (SSSR count). The number of aromatic nitrogens is 3. The molecule has 92 valence electrons. The van der Waals surface area contributed by atoms with Crippen LogP contribution in [0, 0.1) is 0 Å². The number of carbonyl (C=O) groups excluding carboxylic acids is 1. The van der Waals surface area contributed by atoms with Crippen LogP contribution in [0.25, 0.3) is 0 Å². The summed E-state index contributed by atoms with van der Waals surface area (Å²) in [7, 11) is 0. The zero-order valence-electron chi connectivity index (χ0n) is 8.85. The maximum Gasteiger partial charge on any atom is 0.353 e. The standard InChI is InChI=1S/C10H7ClN4O3/c11-5-1-2-12-6(3-5)9(16)13-8-4-7(10(17)18)14-15-8/h1-4H,(H,17,18)(H2,13,14,15,16). The first-order valence-corrected chi connectivity index (χ1v) is 5.15. The summed E-state index contributed by atoms with van der Waals surface area (Å²) in [6.07, 6.45) is 1.39. The van der Waals surface area contributed by atoms with Crippen LogP contribution in [0.5, 0.6) is 0 Å². The Morgan fingerprint density at radius 1 is 1.39 bits per heavy atom. The maximum absolute atomic E-state index is 11.7. The highest BCUT2D eigenvalue weighted by molar-refractivity contribution is 6.30. The van der Waals surface area contributed by atoms with Crippen LogP contribution in [0.1, 0.15) is 21.0 Å². The van der Waals surface area contributed by atoms with Gasteiger partial charge < -0.3 is 10.4 Å². The number of halogens is 1. The Morgan fingerprint density at radius 2 is 2.17 bits per heavy atom. The number of anilines is 1. The average Bonchev–Trinajstić information content (AvgIpc) is 2.77. The van der Waals surface area contributed by atoms with Gasteiger partial charge in [-0.3, -0.25) is 14.9 Å². The zero-order chi connectivity index (χ0) is 13.1. The number of carbonyl (C=O) groups is 2. The number of hydrogen-bond acceptors (Lipinski definition) is 4. The van der Waals surface area contributed by atoms with Gasteiger partial charge in [0.15, 0.2) is 5.82 Å². The second-order valence-corrected chi connectivity index (χ2v) is 3.72. The molecule has 2 aromatic rings. The molecule has 0 aliphatic rings. The molecule has 18 heavy (non-hydrogen) atoms. The third kappa shape index (κ3) is 2.64. The summed E-state index contributed by atoms with van der Waals surface area (Å²) in [5.41, 5.74) is -0.00766. The van der Waals surface area contributed by atoms with Crippen molar-refractivity contribution in [2.75, 3.05) is 5.32 Å². The third-order valence-corrected chi connectivity index (χ3v) is 2.24. The first-order valence-electron chi connectivity index (χ1n) is 4.78. The minimum atomic E-state index is -1.16. The van der Waals surface area contributed by atoms with Crippen molar-refractivity contribution < 1.29 is 14.7 Å². The highest BCUT2D eigenvalue weighted by atomic mass is 35.5. The van der Waals surface area contributed by atoms with E-state index in [1.807, 2.05) is 0 Å². The molecule has 0 saturated carbocycles. The maximum atomic E-state index is 11.7. The largest absolute Gasteiger partial charge is 0.477 e. The highest BCUT2D eigenvalue weighted by Gasteiger charge is 2.12. The second-order valence-electron chi connectivity index (χ2n) is 3.29. The van der Waals surface area contributed by atoms with Crippen molar-refractivity contribution in [2.45, 2.75) is 0 Å². The van der Waals surface area contributed by atoms with Crippen LogP contribution in [-0.2, 0) is 0 Å². The number of nitrogens with zero attached hydrogens (tertiary/aromatic N) is 2. The van der Waals surface area contributed by atoms with Crippen molar-refractivity contribution in [1.82, 2.24) is 15.2 Å². The summed E-state index contributed by atoms with van der Waals surface area (Å²) in [6, 6.07) is 4.13. The van der Waals surface area contributed by atoms with Crippen molar-refractivity contribution in [3.63, 3.8) is 0 Å². The minimum absolute atomic E-state index is 0.0965. The first-order chi connectivity index (χ1) is 8.56. The molecule has 0 spiro atoms.